The summed E-state index contributed by atoms with van der Waals surface area (Å²) in [7, 11) is 0. The molecule has 48 heavy (non-hydrogen) atoms. The molecule has 1 fully saturated rings. The average Bonchev–Trinajstić information content (AvgIpc) is 3.53. The van der Waals surface area contributed by atoms with Gasteiger partial charge in [-0.3, -0.25) is 29.0 Å². The Bertz CT molecular complexity index is 1230. The van der Waals surface area contributed by atoms with Crippen LogP contribution in [-0.4, -0.2) is 83.5 Å². The van der Waals surface area contributed by atoms with Crippen LogP contribution in [0.4, 0.5) is 0 Å². The first-order valence-electron chi connectivity index (χ1n) is 17.8. The van der Waals surface area contributed by atoms with Crippen molar-refractivity contribution >= 4 is 47.3 Å². The molecule has 0 atom stereocenters. The number of nitrogens with one attached hydrogen (secondary N) is 3. The van der Waals surface area contributed by atoms with Gasteiger partial charge in [-0.15, -0.1) is 11.8 Å². The van der Waals surface area contributed by atoms with E-state index in [1.807, 2.05) is 26.2 Å². The molecule has 1 saturated heterocycles. The van der Waals surface area contributed by atoms with Crippen LogP contribution in [0.25, 0.3) is 10.9 Å². The van der Waals surface area contributed by atoms with Gasteiger partial charge in [0.2, 0.25) is 18.7 Å². The van der Waals surface area contributed by atoms with Crippen molar-refractivity contribution in [3.63, 3.8) is 0 Å². The molecule has 0 saturated carbocycles. The number of carbonyl (C=O) groups excluding carboxylic acids is 4. The van der Waals surface area contributed by atoms with Crippen LogP contribution in [0.3, 0.4) is 0 Å². The summed E-state index contributed by atoms with van der Waals surface area (Å²) in [5.41, 5.74) is 2.02. The van der Waals surface area contributed by atoms with Crippen LogP contribution in [0.1, 0.15) is 104 Å². The predicted octanol–water partition coefficient (Wildman–Crippen LogP) is 6.77. The number of benzene rings is 1. The number of allylic oxidation sites excluding steroid dienone is 1. The second-order valence-electron chi connectivity index (χ2n) is 11.8. The first-order chi connectivity index (χ1) is 23.4. The number of aromatic hydroxyl groups is 1. The summed E-state index contributed by atoms with van der Waals surface area (Å²) in [6, 6.07) is 5.90. The number of unbranched alkanes of at least 4 members (excludes halogenated alkanes) is 5. The number of nitrogens with zero attached hydrogens (tertiary/aromatic N) is 2. The van der Waals surface area contributed by atoms with E-state index >= 15 is 0 Å². The number of thioether (sulfide) groups is 1. The molecule has 11 heteroatoms. The molecular formula is C37H61N5O5S. The number of aromatic nitrogens is 1. The van der Waals surface area contributed by atoms with E-state index in [0.717, 1.165) is 112 Å². The molecule has 0 unspecified atom stereocenters. The Kier molecular flexibility index (Phi) is 23.7. The second kappa shape index (κ2) is 26.6. The van der Waals surface area contributed by atoms with E-state index in [0.29, 0.717) is 44.0 Å². The van der Waals surface area contributed by atoms with Crippen LogP contribution in [0.5, 0.6) is 5.75 Å². The number of phenols is 1. The van der Waals surface area contributed by atoms with Gasteiger partial charge in [-0.05, 0) is 95.0 Å². The zero-order chi connectivity index (χ0) is 35.6. The lowest BCUT2D eigenvalue weighted by Crippen LogP contribution is -2.35. The number of hydrogen-bond acceptors (Lipinski definition) is 7. The highest BCUT2D eigenvalue weighted by Gasteiger charge is 2.21. The fraction of sp³-hybridized carbons (Fsp3) is 0.622. The van der Waals surface area contributed by atoms with Crippen molar-refractivity contribution in [2.45, 2.75) is 110 Å². The molecule has 0 aliphatic carbocycles. The van der Waals surface area contributed by atoms with Crippen LogP contribution >= 0.6 is 11.8 Å². The number of rotatable bonds is 20. The van der Waals surface area contributed by atoms with Gasteiger partial charge in [-0.1, -0.05) is 52.5 Å². The molecule has 10 nitrogen and oxygen atoms in total. The summed E-state index contributed by atoms with van der Waals surface area (Å²) in [5.74, 6) is 0.902. The Hall–Kier alpha value is -3.31. The highest BCUT2D eigenvalue weighted by Crippen LogP contribution is 2.32. The molecule has 1 aromatic carbocycles. The Morgan fingerprint density at radius 3 is 2.44 bits per heavy atom. The first kappa shape index (κ1) is 42.7. The minimum Gasteiger partial charge on any atom is -0.508 e. The van der Waals surface area contributed by atoms with Crippen LogP contribution in [-0.2, 0) is 25.7 Å². The third-order valence-electron chi connectivity index (χ3n) is 8.32. The summed E-state index contributed by atoms with van der Waals surface area (Å²) in [6.45, 7) is 12.6. The molecule has 4 amide bonds. The first-order valence-corrected chi connectivity index (χ1v) is 19.0. The van der Waals surface area contributed by atoms with Crippen LogP contribution < -0.4 is 10.6 Å². The smallest absolute Gasteiger partial charge is 0.252 e. The highest BCUT2D eigenvalue weighted by atomic mass is 32.2. The minimum atomic E-state index is -0.223. The van der Waals surface area contributed by atoms with Crippen molar-refractivity contribution in [1.29, 1.82) is 0 Å². The highest BCUT2D eigenvalue weighted by molar-refractivity contribution is 7.98. The Morgan fingerprint density at radius 2 is 1.79 bits per heavy atom. The average molecular weight is 688 g/mol. The van der Waals surface area contributed by atoms with Crippen molar-refractivity contribution in [2.24, 2.45) is 5.92 Å². The summed E-state index contributed by atoms with van der Waals surface area (Å²) >= 11 is 1.68. The fourth-order valence-electron chi connectivity index (χ4n) is 5.56. The van der Waals surface area contributed by atoms with Crippen molar-refractivity contribution in [2.75, 3.05) is 39.0 Å². The maximum atomic E-state index is 12.0. The van der Waals surface area contributed by atoms with Crippen LogP contribution in [0.15, 0.2) is 35.4 Å². The number of piperidine rings is 1. The van der Waals surface area contributed by atoms with Crippen molar-refractivity contribution in [3.8, 4) is 5.75 Å². The number of likely N-dealkylation sites (tertiary alicyclic amines) is 1. The topological polar surface area (TPSA) is 135 Å². The zero-order valence-electron chi connectivity index (χ0n) is 30.0. The fourth-order valence-corrected chi connectivity index (χ4v) is 6.01. The Balaban J connectivity index is 0.000000607. The van der Waals surface area contributed by atoms with E-state index in [9.17, 15) is 24.3 Å². The predicted molar refractivity (Wildman–Crippen MR) is 198 cm³/mol. The zero-order valence-corrected chi connectivity index (χ0v) is 30.8. The van der Waals surface area contributed by atoms with Gasteiger partial charge < -0.3 is 20.7 Å². The quantitative estimate of drug-likeness (QED) is 0.0522. The molecule has 270 valence electrons. The lowest BCUT2D eigenvalue weighted by molar-refractivity contribution is -0.134. The summed E-state index contributed by atoms with van der Waals surface area (Å²) in [5, 5.41) is 18.4. The molecule has 0 radical (unpaired) electrons. The molecule has 1 aliphatic rings. The van der Waals surface area contributed by atoms with Gasteiger partial charge in [-0.2, -0.15) is 0 Å². The van der Waals surface area contributed by atoms with E-state index in [-0.39, 0.29) is 11.8 Å². The number of aromatic amines is 1. The van der Waals surface area contributed by atoms with E-state index < -0.39 is 0 Å². The van der Waals surface area contributed by atoms with E-state index in [1.54, 1.807) is 30.8 Å². The SMILES string of the molecule is C/C=C\C(=O)N(C=O)CCCCCC.CC.CSc1cc2ccc(O)c(CN3CCC(CCNC(=O)CCCCCNC=O)CC3)c2[nH]1. The molecule has 3 rings (SSSR count). The second-order valence-corrected chi connectivity index (χ2v) is 12.7. The van der Waals surface area contributed by atoms with Crippen LogP contribution in [0, 0.1) is 5.92 Å². The normalized spacial score (nSPS) is 13.3. The van der Waals surface area contributed by atoms with E-state index in [1.165, 1.54) is 11.0 Å². The van der Waals surface area contributed by atoms with E-state index in [2.05, 4.69) is 33.5 Å². The summed E-state index contributed by atoms with van der Waals surface area (Å²) in [6.07, 6.45) is 17.3. The Labute approximate surface area is 292 Å². The number of fused-ring (bicyclic) bond motifs is 1. The maximum absolute atomic E-state index is 12.0. The molecule has 1 aliphatic heterocycles. The molecular weight excluding hydrogens is 627 g/mol. The largest absolute Gasteiger partial charge is 0.508 e. The van der Waals surface area contributed by atoms with Gasteiger partial charge in [0, 0.05) is 43.5 Å². The van der Waals surface area contributed by atoms with Gasteiger partial charge in [0.15, 0.2) is 0 Å². The minimum absolute atomic E-state index is 0.130. The number of hydrogen-bond donors (Lipinski definition) is 4. The molecule has 4 N–H and O–H groups in total. The summed E-state index contributed by atoms with van der Waals surface area (Å²) in [4.78, 5) is 51.0. The third-order valence-corrected chi connectivity index (χ3v) is 8.98. The lowest BCUT2D eigenvalue weighted by atomic mass is 9.93. The monoisotopic (exact) mass is 687 g/mol. The van der Waals surface area contributed by atoms with Gasteiger partial charge in [0.25, 0.3) is 5.91 Å². The van der Waals surface area contributed by atoms with Crippen LogP contribution in [0.2, 0.25) is 0 Å². The van der Waals surface area contributed by atoms with Crippen molar-refractivity contribution in [3.05, 3.63) is 35.9 Å². The van der Waals surface area contributed by atoms with Gasteiger partial charge >= 0.3 is 0 Å². The molecule has 0 spiro atoms. The number of phenolic OH excluding ortho intramolecular Hbond substituents is 1. The van der Waals surface area contributed by atoms with Crippen molar-refractivity contribution < 1.29 is 24.3 Å². The third kappa shape index (κ3) is 16.7. The molecule has 2 aromatic rings. The standard InChI is InChI=1S/C24H36N4O3S.C11H19NO2.C2H6/c1-32-23-15-19-6-7-21(30)20(24(19)27-23)16-28-13-9-18(10-14-28)8-12-26-22(31)5-3-2-4-11-25-17-29;1-3-5-6-7-9-12(10-13)11(14)8-4-2;1-2/h6-7,15,17-18,27,30H,2-5,8-14,16H2,1H3,(H,25,29)(H,26,31);4,8,10H,3,5-7,9H2,1-2H3;1-2H3/b;8-4-;. The van der Waals surface area contributed by atoms with Gasteiger partial charge in [-0.25, -0.2) is 0 Å². The Morgan fingerprint density at radius 1 is 1.06 bits per heavy atom. The number of H-pyrrole nitrogens is 1. The lowest BCUT2D eigenvalue weighted by Gasteiger charge is -2.32. The van der Waals surface area contributed by atoms with Gasteiger partial charge in [0.05, 0.1) is 10.5 Å². The molecule has 0 bridgehead atoms. The number of carbonyl (C=O) groups is 4. The van der Waals surface area contributed by atoms with Gasteiger partial charge in [0.1, 0.15) is 5.75 Å². The van der Waals surface area contributed by atoms with E-state index in [4.69, 9.17) is 0 Å². The number of imide groups is 1. The summed E-state index contributed by atoms with van der Waals surface area (Å²) < 4.78 is 0. The molecule has 1 aromatic heterocycles. The maximum Gasteiger partial charge on any atom is 0.252 e. The molecule has 2 heterocycles. The van der Waals surface area contributed by atoms with Crippen molar-refractivity contribution in [1.82, 2.24) is 25.4 Å². The number of amides is 4.